The number of amides is 1. The molecule has 5 rings (SSSR count). The first-order valence-corrected chi connectivity index (χ1v) is 15.0. The molecular weight excluding hydrogens is 542 g/mol. The van der Waals surface area contributed by atoms with Crippen LogP contribution >= 0.6 is 0 Å². The molecule has 0 bridgehead atoms. The predicted molar refractivity (Wildman–Crippen MR) is 149 cm³/mol. The van der Waals surface area contributed by atoms with Crippen LogP contribution in [0.1, 0.15) is 24.2 Å². The molecule has 0 radical (unpaired) electrons. The van der Waals surface area contributed by atoms with E-state index in [1.807, 2.05) is 13.8 Å². The number of ether oxygens (including phenoxy) is 2. The quantitative estimate of drug-likeness (QED) is 0.250. The minimum absolute atomic E-state index is 0.0176. The highest BCUT2D eigenvalue weighted by Gasteiger charge is 2.33. The number of sulfonamides is 2. The van der Waals surface area contributed by atoms with E-state index in [4.69, 9.17) is 9.47 Å². The lowest BCUT2D eigenvalue weighted by Gasteiger charge is -2.16. The van der Waals surface area contributed by atoms with Crippen LogP contribution in [0.15, 0.2) is 82.6 Å². The van der Waals surface area contributed by atoms with Gasteiger partial charge in [0.2, 0.25) is 0 Å². The zero-order valence-electron chi connectivity index (χ0n) is 21.0. The summed E-state index contributed by atoms with van der Waals surface area (Å²) in [7, 11) is -8.64. The maximum atomic E-state index is 13.6. The van der Waals surface area contributed by atoms with Crippen LogP contribution in [-0.4, -0.2) is 36.0 Å². The van der Waals surface area contributed by atoms with Crippen molar-refractivity contribution in [1.82, 2.24) is 0 Å². The topological polar surface area (TPSA) is 140 Å². The summed E-state index contributed by atoms with van der Waals surface area (Å²) in [6.07, 6.45) is 0. The number of benzene rings is 4. The number of nitrogens with one attached hydrogen (secondary N) is 3. The average Bonchev–Trinajstić information content (AvgIpc) is 3.23. The zero-order valence-corrected chi connectivity index (χ0v) is 22.6. The molecule has 202 valence electrons. The lowest BCUT2D eigenvalue weighted by Crippen LogP contribution is -2.18. The monoisotopic (exact) mass is 567 g/mol. The van der Waals surface area contributed by atoms with E-state index in [-0.39, 0.29) is 43.2 Å². The molecule has 1 amide bonds. The summed E-state index contributed by atoms with van der Waals surface area (Å²) < 4.78 is 70.1. The molecule has 3 N–H and O–H groups in total. The molecule has 0 aliphatic carbocycles. The van der Waals surface area contributed by atoms with Gasteiger partial charge in [0, 0.05) is 27.7 Å². The van der Waals surface area contributed by atoms with E-state index >= 15 is 0 Å². The van der Waals surface area contributed by atoms with E-state index in [2.05, 4.69) is 14.8 Å². The smallest absolute Gasteiger partial charge is 0.264 e. The van der Waals surface area contributed by atoms with Crippen molar-refractivity contribution in [2.75, 3.05) is 28.0 Å². The average molecular weight is 568 g/mol. The molecule has 0 spiro atoms. The van der Waals surface area contributed by atoms with Gasteiger partial charge in [-0.15, -0.1) is 0 Å². The van der Waals surface area contributed by atoms with Crippen molar-refractivity contribution < 1.29 is 31.1 Å². The van der Waals surface area contributed by atoms with Crippen LogP contribution in [-0.2, 0) is 20.0 Å². The van der Waals surface area contributed by atoms with Gasteiger partial charge in [0.1, 0.15) is 16.4 Å². The number of anilines is 3. The zero-order chi connectivity index (χ0) is 27.8. The summed E-state index contributed by atoms with van der Waals surface area (Å²) >= 11 is 0. The Labute approximate surface area is 226 Å². The Morgan fingerprint density at radius 3 is 1.74 bits per heavy atom. The molecule has 4 aromatic carbocycles. The highest BCUT2D eigenvalue weighted by molar-refractivity contribution is 7.93. The number of hydrogen-bond acceptors (Lipinski definition) is 7. The molecule has 1 heterocycles. The third-order valence-electron chi connectivity index (χ3n) is 5.99. The van der Waals surface area contributed by atoms with E-state index in [0.717, 1.165) is 6.07 Å². The van der Waals surface area contributed by atoms with Gasteiger partial charge in [-0.25, -0.2) is 16.8 Å². The molecule has 4 aromatic rings. The van der Waals surface area contributed by atoms with Crippen molar-refractivity contribution in [3.8, 4) is 11.5 Å². The first kappa shape index (κ1) is 26.3. The minimum Gasteiger partial charge on any atom is -0.494 e. The molecule has 12 heteroatoms. The Balaban J connectivity index is 1.61. The van der Waals surface area contributed by atoms with Crippen molar-refractivity contribution in [1.29, 1.82) is 0 Å². The standard InChI is InChI=1S/C27H25N3O7S2/c1-3-36-19-12-8-17(9-13-19)29-38(32,33)23-16-24(26-25-21(23)6-5-7-22(25)27(31)28-26)39(34,35)30-18-10-14-20(15-11-18)37-4-2/h5-16,29-30H,3-4H2,1-2H3,(H,28,31). The highest BCUT2D eigenvalue weighted by Crippen LogP contribution is 2.42. The maximum absolute atomic E-state index is 13.6. The molecule has 0 fully saturated rings. The third kappa shape index (κ3) is 5.08. The van der Waals surface area contributed by atoms with Crippen LogP contribution < -0.4 is 24.2 Å². The maximum Gasteiger partial charge on any atom is 0.264 e. The molecule has 1 aliphatic heterocycles. The molecule has 39 heavy (non-hydrogen) atoms. The minimum atomic E-state index is -4.34. The summed E-state index contributed by atoms with van der Waals surface area (Å²) in [5.74, 6) is 0.613. The van der Waals surface area contributed by atoms with E-state index < -0.39 is 26.0 Å². The summed E-state index contributed by atoms with van der Waals surface area (Å²) in [6.45, 7) is 4.58. The molecule has 0 atom stereocenters. The summed E-state index contributed by atoms with van der Waals surface area (Å²) in [5.41, 5.74) is 0.690. The van der Waals surface area contributed by atoms with Crippen molar-refractivity contribution in [2.24, 2.45) is 0 Å². The molecule has 1 aliphatic rings. The largest absolute Gasteiger partial charge is 0.494 e. The van der Waals surface area contributed by atoms with Gasteiger partial charge in [-0.2, -0.15) is 0 Å². The van der Waals surface area contributed by atoms with Crippen LogP contribution in [0, 0.1) is 0 Å². The van der Waals surface area contributed by atoms with E-state index in [1.54, 1.807) is 42.5 Å². The Bertz CT molecular complexity index is 1790. The number of carbonyl (C=O) groups is 1. The van der Waals surface area contributed by atoms with Crippen LogP contribution in [0.3, 0.4) is 0 Å². The van der Waals surface area contributed by atoms with E-state index in [1.165, 1.54) is 24.3 Å². The van der Waals surface area contributed by atoms with Gasteiger partial charge < -0.3 is 14.8 Å². The second-order valence-corrected chi connectivity index (χ2v) is 11.9. The highest BCUT2D eigenvalue weighted by atomic mass is 32.2. The Hall–Kier alpha value is -4.29. The van der Waals surface area contributed by atoms with Crippen molar-refractivity contribution in [2.45, 2.75) is 23.6 Å². The van der Waals surface area contributed by atoms with Crippen LogP contribution in [0.4, 0.5) is 17.1 Å². The molecule has 0 saturated carbocycles. The van der Waals surface area contributed by atoms with Gasteiger partial charge in [0.05, 0.1) is 23.8 Å². The number of hydrogen-bond donors (Lipinski definition) is 3. The number of carbonyl (C=O) groups excluding carboxylic acids is 1. The first-order chi connectivity index (χ1) is 18.6. The van der Waals surface area contributed by atoms with Gasteiger partial charge in [0.15, 0.2) is 0 Å². The molecule has 10 nitrogen and oxygen atoms in total. The SMILES string of the molecule is CCOc1ccc(NS(=O)(=O)c2cc(S(=O)(=O)Nc3ccc(OCC)cc3)c3cccc4c3c2NC4=O)cc1. The normalized spacial score (nSPS) is 12.7. The lowest BCUT2D eigenvalue weighted by atomic mass is 10.1. The summed E-state index contributed by atoms with van der Waals surface area (Å²) in [4.78, 5) is 12.0. The van der Waals surface area contributed by atoms with Crippen molar-refractivity contribution in [3.63, 3.8) is 0 Å². The third-order valence-corrected chi connectivity index (χ3v) is 8.81. The number of rotatable bonds is 10. The fourth-order valence-electron chi connectivity index (χ4n) is 4.34. The van der Waals surface area contributed by atoms with Gasteiger partial charge in [-0.05, 0) is 74.5 Å². The Kier molecular flexibility index (Phi) is 6.83. The van der Waals surface area contributed by atoms with Gasteiger partial charge in [-0.1, -0.05) is 12.1 Å². The molecule has 0 saturated heterocycles. The fourth-order valence-corrected chi connectivity index (χ4v) is 6.95. The Morgan fingerprint density at radius 1 is 0.718 bits per heavy atom. The second-order valence-electron chi connectivity index (χ2n) is 8.56. The van der Waals surface area contributed by atoms with Gasteiger partial charge >= 0.3 is 0 Å². The lowest BCUT2D eigenvalue weighted by molar-refractivity contribution is 0.103. The fraction of sp³-hybridized carbons (Fsp3) is 0.148. The van der Waals surface area contributed by atoms with Crippen LogP contribution in [0.2, 0.25) is 0 Å². The molecule has 0 unspecified atom stereocenters. The summed E-state index contributed by atoms with van der Waals surface area (Å²) in [5, 5.41) is 3.02. The molecular formula is C27H25N3O7S2. The first-order valence-electron chi connectivity index (χ1n) is 12.1. The summed E-state index contributed by atoms with van der Waals surface area (Å²) in [6, 6.07) is 18.2. The van der Waals surface area contributed by atoms with E-state index in [9.17, 15) is 21.6 Å². The predicted octanol–water partition coefficient (Wildman–Crippen LogP) is 4.80. The van der Waals surface area contributed by atoms with Gasteiger partial charge in [0.25, 0.3) is 26.0 Å². The van der Waals surface area contributed by atoms with Gasteiger partial charge in [-0.3, -0.25) is 14.2 Å². The molecule has 0 aromatic heterocycles. The van der Waals surface area contributed by atoms with Crippen LogP contribution in [0.5, 0.6) is 11.5 Å². The van der Waals surface area contributed by atoms with Crippen molar-refractivity contribution >= 4 is 53.8 Å². The van der Waals surface area contributed by atoms with Crippen LogP contribution in [0.25, 0.3) is 10.8 Å². The van der Waals surface area contributed by atoms with Crippen molar-refractivity contribution in [3.05, 3.63) is 78.4 Å². The second kappa shape index (κ2) is 10.1. The van der Waals surface area contributed by atoms with E-state index in [0.29, 0.717) is 24.7 Å². The Morgan fingerprint density at radius 2 is 1.23 bits per heavy atom.